The van der Waals surface area contributed by atoms with Crippen molar-refractivity contribution in [3.63, 3.8) is 0 Å². The molecule has 2 heterocycles. The molecular formula is C15H23N3O. The molecule has 1 aliphatic heterocycles. The fourth-order valence-corrected chi connectivity index (χ4v) is 2.30. The number of hydrogen-bond acceptors (Lipinski definition) is 3. The second kappa shape index (κ2) is 6.55. The highest BCUT2D eigenvalue weighted by Gasteiger charge is 2.13. The molecular weight excluding hydrogens is 238 g/mol. The summed E-state index contributed by atoms with van der Waals surface area (Å²) in [6, 6.07) is 4.10. The number of anilines is 1. The third-order valence-electron chi connectivity index (χ3n) is 3.32. The Morgan fingerprint density at radius 1 is 1.37 bits per heavy atom. The van der Waals surface area contributed by atoms with E-state index in [1.165, 1.54) is 12.8 Å². The number of aromatic nitrogens is 1. The summed E-state index contributed by atoms with van der Waals surface area (Å²) in [6.45, 7) is 6.88. The molecule has 4 heteroatoms. The van der Waals surface area contributed by atoms with Crippen LogP contribution >= 0.6 is 0 Å². The van der Waals surface area contributed by atoms with Crippen LogP contribution in [0.25, 0.3) is 0 Å². The molecule has 1 amide bonds. The lowest BCUT2D eigenvalue weighted by atomic mass is 10.1. The van der Waals surface area contributed by atoms with Crippen molar-refractivity contribution < 1.29 is 4.79 Å². The highest BCUT2D eigenvalue weighted by atomic mass is 16.1. The Balaban J connectivity index is 1.83. The van der Waals surface area contributed by atoms with Crippen LogP contribution < -0.4 is 10.2 Å². The van der Waals surface area contributed by atoms with E-state index in [2.05, 4.69) is 27.3 Å². The topological polar surface area (TPSA) is 45.2 Å². The van der Waals surface area contributed by atoms with E-state index < -0.39 is 0 Å². The smallest absolute Gasteiger partial charge is 0.220 e. The van der Waals surface area contributed by atoms with Gasteiger partial charge in [-0.1, -0.05) is 19.9 Å². The first-order valence-corrected chi connectivity index (χ1v) is 7.11. The van der Waals surface area contributed by atoms with Gasteiger partial charge in [0.15, 0.2) is 0 Å². The van der Waals surface area contributed by atoms with Crippen molar-refractivity contribution in [3.05, 3.63) is 23.9 Å². The van der Waals surface area contributed by atoms with Gasteiger partial charge in [-0.2, -0.15) is 0 Å². The van der Waals surface area contributed by atoms with Crippen LogP contribution in [0.5, 0.6) is 0 Å². The summed E-state index contributed by atoms with van der Waals surface area (Å²) in [7, 11) is 0. The average molecular weight is 261 g/mol. The van der Waals surface area contributed by atoms with Crippen LogP contribution in [0, 0.1) is 5.92 Å². The van der Waals surface area contributed by atoms with Crippen LogP contribution in [-0.2, 0) is 11.3 Å². The summed E-state index contributed by atoms with van der Waals surface area (Å²) in [4.78, 5) is 18.3. The quantitative estimate of drug-likeness (QED) is 0.885. The molecule has 1 aromatic rings. The fourth-order valence-electron chi connectivity index (χ4n) is 2.30. The molecule has 0 radical (unpaired) electrons. The van der Waals surface area contributed by atoms with E-state index in [4.69, 9.17) is 0 Å². The molecule has 0 spiro atoms. The molecule has 1 N–H and O–H groups in total. The third-order valence-corrected chi connectivity index (χ3v) is 3.32. The minimum Gasteiger partial charge on any atom is -0.357 e. The number of rotatable bonds is 5. The molecule has 0 aliphatic carbocycles. The van der Waals surface area contributed by atoms with Crippen LogP contribution in [0.4, 0.5) is 5.82 Å². The van der Waals surface area contributed by atoms with Crippen LogP contribution in [0.15, 0.2) is 18.3 Å². The second-order valence-corrected chi connectivity index (χ2v) is 5.59. The van der Waals surface area contributed by atoms with Gasteiger partial charge < -0.3 is 10.2 Å². The average Bonchev–Trinajstić information content (AvgIpc) is 2.90. The van der Waals surface area contributed by atoms with Gasteiger partial charge >= 0.3 is 0 Å². The lowest BCUT2D eigenvalue weighted by Gasteiger charge is -2.16. The SMILES string of the molecule is CC(C)CC(=O)NCc1ccc(N2CCCC2)nc1. The second-order valence-electron chi connectivity index (χ2n) is 5.59. The van der Waals surface area contributed by atoms with Crippen molar-refractivity contribution in [2.45, 2.75) is 39.7 Å². The van der Waals surface area contributed by atoms with Gasteiger partial charge in [-0.15, -0.1) is 0 Å². The predicted octanol–water partition coefficient (Wildman–Crippen LogP) is 2.34. The van der Waals surface area contributed by atoms with Crippen LogP contribution in [0.3, 0.4) is 0 Å². The highest BCUT2D eigenvalue weighted by molar-refractivity contribution is 5.76. The van der Waals surface area contributed by atoms with E-state index in [0.29, 0.717) is 18.9 Å². The van der Waals surface area contributed by atoms with Gasteiger partial charge in [0.25, 0.3) is 0 Å². The number of carbonyl (C=O) groups excluding carboxylic acids is 1. The van der Waals surface area contributed by atoms with Crippen molar-refractivity contribution in [1.29, 1.82) is 0 Å². The minimum atomic E-state index is 0.110. The molecule has 19 heavy (non-hydrogen) atoms. The van der Waals surface area contributed by atoms with Gasteiger partial charge in [-0.05, 0) is 30.4 Å². The van der Waals surface area contributed by atoms with Gasteiger partial charge in [-0.3, -0.25) is 4.79 Å². The Morgan fingerprint density at radius 3 is 2.68 bits per heavy atom. The molecule has 1 saturated heterocycles. The maximum atomic E-state index is 11.6. The minimum absolute atomic E-state index is 0.110. The number of hydrogen-bond donors (Lipinski definition) is 1. The number of amides is 1. The summed E-state index contributed by atoms with van der Waals surface area (Å²) >= 11 is 0. The van der Waals surface area contributed by atoms with E-state index in [1.807, 2.05) is 20.0 Å². The highest BCUT2D eigenvalue weighted by Crippen LogP contribution is 2.17. The maximum Gasteiger partial charge on any atom is 0.220 e. The molecule has 0 atom stereocenters. The Kier molecular flexibility index (Phi) is 4.77. The van der Waals surface area contributed by atoms with E-state index >= 15 is 0 Å². The monoisotopic (exact) mass is 261 g/mol. The normalized spacial score (nSPS) is 15.0. The van der Waals surface area contributed by atoms with Gasteiger partial charge in [0, 0.05) is 32.3 Å². The van der Waals surface area contributed by atoms with Crippen molar-refractivity contribution in [2.24, 2.45) is 5.92 Å². The van der Waals surface area contributed by atoms with Gasteiger partial charge in [-0.25, -0.2) is 4.98 Å². The lowest BCUT2D eigenvalue weighted by molar-refractivity contribution is -0.121. The first-order valence-electron chi connectivity index (χ1n) is 7.11. The Morgan fingerprint density at radius 2 is 2.11 bits per heavy atom. The van der Waals surface area contributed by atoms with Crippen molar-refractivity contribution >= 4 is 11.7 Å². The zero-order valence-electron chi connectivity index (χ0n) is 11.9. The van der Waals surface area contributed by atoms with Crippen LogP contribution in [0.2, 0.25) is 0 Å². The zero-order chi connectivity index (χ0) is 13.7. The molecule has 104 valence electrons. The Labute approximate surface area is 115 Å². The maximum absolute atomic E-state index is 11.6. The van der Waals surface area contributed by atoms with E-state index in [0.717, 1.165) is 24.5 Å². The number of carbonyl (C=O) groups is 1. The number of nitrogens with one attached hydrogen (secondary N) is 1. The van der Waals surface area contributed by atoms with E-state index in [1.54, 1.807) is 0 Å². The molecule has 0 saturated carbocycles. The van der Waals surface area contributed by atoms with Crippen LogP contribution in [0.1, 0.15) is 38.7 Å². The lowest BCUT2D eigenvalue weighted by Crippen LogP contribution is -2.24. The fraction of sp³-hybridized carbons (Fsp3) is 0.600. The van der Waals surface area contributed by atoms with Crippen molar-refractivity contribution in [2.75, 3.05) is 18.0 Å². The molecule has 0 bridgehead atoms. The summed E-state index contributed by atoms with van der Waals surface area (Å²) in [5.74, 6) is 1.56. The van der Waals surface area contributed by atoms with Crippen molar-refractivity contribution in [3.8, 4) is 0 Å². The zero-order valence-corrected chi connectivity index (χ0v) is 11.9. The third kappa shape index (κ3) is 4.23. The molecule has 1 fully saturated rings. The number of pyridine rings is 1. The molecule has 1 aliphatic rings. The molecule has 0 aromatic carbocycles. The van der Waals surface area contributed by atoms with Crippen molar-refractivity contribution in [1.82, 2.24) is 10.3 Å². The Bertz CT molecular complexity index is 408. The summed E-state index contributed by atoms with van der Waals surface area (Å²) < 4.78 is 0. The Hall–Kier alpha value is -1.58. The van der Waals surface area contributed by atoms with E-state index in [-0.39, 0.29) is 5.91 Å². The molecule has 0 unspecified atom stereocenters. The van der Waals surface area contributed by atoms with Crippen LogP contribution in [-0.4, -0.2) is 24.0 Å². The molecule has 4 nitrogen and oxygen atoms in total. The largest absolute Gasteiger partial charge is 0.357 e. The molecule has 1 aromatic heterocycles. The molecule has 2 rings (SSSR count). The predicted molar refractivity (Wildman–Crippen MR) is 77.0 cm³/mol. The summed E-state index contributed by atoms with van der Waals surface area (Å²) in [6.07, 6.45) is 4.96. The van der Waals surface area contributed by atoms with Gasteiger partial charge in [0.05, 0.1) is 0 Å². The first-order chi connectivity index (χ1) is 9.15. The summed E-state index contributed by atoms with van der Waals surface area (Å²) in [5, 5.41) is 2.93. The standard InChI is InChI=1S/C15H23N3O/c1-12(2)9-15(19)17-11-13-5-6-14(16-10-13)18-7-3-4-8-18/h5-6,10,12H,3-4,7-9,11H2,1-2H3,(H,17,19). The van der Waals surface area contributed by atoms with Gasteiger partial charge in [0.1, 0.15) is 5.82 Å². The summed E-state index contributed by atoms with van der Waals surface area (Å²) in [5.41, 5.74) is 1.06. The number of nitrogens with zero attached hydrogens (tertiary/aromatic N) is 2. The first kappa shape index (κ1) is 13.8. The van der Waals surface area contributed by atoms with E-state index in [9.17, 15) is 4.79 Å². The van der Waals surface area contributed by atoms with Gasteiger partial charge in [0.2, 0.25) is 5.91 Å².